The summed E-state index contributed by atoms with van der Waals surface area (Å²) in [5, 5.41) is 13.0. The summed E-state index contributed by atoms with van der Waals surface area (Å²) in [7, 11) is 0. The second-order valence-electron chi connectivity index (χ2n) is 8.75. The number of hydrogen-bond donors (Lipinski definition) is 1. The van der Waals surface area contributed by atoms with Crippen molar-refractivity contribution in [1.29, 1.82) is 5.26 Å². The minimum atomic E-state index is 0.0850. The second-order valence-corrected chi connectivity index (χ2v) is 9.81. The fourth-order valence-corrected chi connectivity index (χ4v) is 5.27. The van der Waals surface area contributed by atoms with Crippen molar-refractivity contribution in [2.24, 2.45) is 0 Å². The predicted molar refractivity (Wildman–Crippen MR) is 138 cm³/mol. The summed E-state index contributed by atoms with van der Waals surface area (Å²) in [6.45, 7) is 3.78. The van der Waals surface area contributed by atoms with Gasteiger partial charge in [-0.1, -0.05) is 24.1 Å². The molecule has 2 fully saturated rings. The fourth-order valence-electron chi connectivity index (χ4n) is 4.23. The molecule has 8 heteroatoms. The zero-order chi connectivity index (χ0) is 23.9. The first kappa shape index (κ1) is 23.6. The topological polar surface area (TPSA) is 83.3 Å². The SMILES string of the molecule is N#Cc1cc(-c2ccnc(Nc3ccc(CSN4CCCC4)cc3)n2)ccc1OC1CCOCC1. The Bertz CT molecular complexity index is 1170. The molecule has 0 spiro atoms. The molecule has 2 aromatic carbocycles. The Hall–Kier alpha value is -3.12. The van der Waals surface area contributed by atoms with Gasteiger partial charge in [0, 0.05) is 49.1 Å². The molecule has 5 rings (SSSR count). The highest BCUT2D eigenvalue weighted by molar-refractivity contribution is 7.96. The highest BCUT2D eigenvalue weighted by Gasteiger charge is 2.18. The molecule has 0 radical (unpaired) electrons. The molecule has 0 unspecified atom stereocenters. The van der Waals surface area contributed by atoms with E-state index in [1.807, 2.05) is 36.2 Å². The van der Waals surface area contributed by atoms with Crippen molar-refractivity contribution in [2.75, 3.05) is 31.6 Å². The van der Waals surface area contributed by atoms with Crippen LogP contribution in [0.5, 0.6) is 5.75 Å². The van der Waals surface area contributed by atoms with E-state index in [0.29, 0.717) is 30.5 Å². The molecule has 0 bridgehead atoms. The number of nitriles is 1. The molecule has 2 aliphatic heterocycles. The molecule has 7 nitrogen and oxygen atoms in total. The van der Waals surface area contributed by atoms with Gasteiger partial charge in [0.25, 0.3) is 0 Å². The van der Waals surface area contributed by atoms with E-state index < -0.39 is 0 Å². The summed E-state index contributed by atoms with van der Waals surface area (Å²) in [6, 6.07) is 18.1. The van der Waals surface area contributed by atoms with Gasteiger partial charge in [-0.3, -0.25) is 4.31 Å². The quantitative estimate of drug-likeness (QED) is 0.414. The van der Waals surface area contributed by atoms with E-state index >= 15 is 0 Å². The summed E-state index contributed by atoms with van der Waals surface area (Å²) in [4.78, 5) is 9.04. The number of benzene rings is 2. The van der Waals surface area contributed by atoms with Crippen LogP contribution in [0, 0.1) is 11.3 Å². The zero-order valence-electron chi connectivity index (χ0n) is 19.7. The van der Waals surface area contributed by atoms with Gasteiger partial charge in [0.1, 0.15) is 17.9 Å². The maximum Gasteiger partial charge on any atom is 0.227 e. The molecule has 35 heavy (non-hydrogen) atoms. The number of ether oxygens (including phenoxy) is 2. The van der Waals surface area contributed by atoms with Gasteiger partial charge in [-0.25, -0.2) is 9.97 Å². The smallest absolute Gasteiger partial charge is 0.227 e. The standard InChI is InChI=1S/C27H29N5O2S/c28-18-22-17-21(5-8-26(22)34-24-10-15-33-16-11-24)25-9-12-29-27(31-25)30-23-6-3-20(4-7-23)19-35-32-13-1-2-14-32/h3-9,12,17,24H,1-2,10-11,13-16,19H2,(H,29,30,31). The van der Waals surface area contributed by atoms with Crippen molar-refractivity contribution >= 4 is 23.6 Å². The minimum absolute atomic E-state index is 0.0850. The Labute approximate surface area is 210 Å². The van der Waals surface area contributed by atoms with Gasteiger partial charge in [0.2, 0.25) is 5.95 Å². The third kappa shape index (κ3) is 6.31. The van der Waals surface area contributed by atoms with E-state index in [4.69, 9.17) is 9.47 Å². The van der Waals surface area contributed by atoms with Gasteiger partial charge in [0.05, 0.1) is 24.5 Å². The van der Waals surface area contributed by atoms with Crippen LogP contribution in [-0.4, -0.2) is 46.7 Å². The average Bonchev–Trinajstić information content (AvgIpc) is 3.43. The van der Waals surface area contributed by atoms with Gasteiger partial charge >= 0.3 is 0 Å². The monoisotopic (exact) mass is 487 g/mol. The largest absolute Gasteiger partial charge is 0.489 e. The van der Waals surface area contributed by atoms with Crippen LogP contribution in [0.4, 0.5) is 11.6 Å². The molecular formula is C27H29N5O2S. The van der Waals surface area contributed by atoms with Crippen LogP contribution < -0.4 is 10.1 Å². The Morgan fingerprint density at radius 3 is 2.66 bits per heavy atom. The van der Waals surface area contributed by atoms with E-state index in [1.165, 1.54) is 31.5 Å². The van der Waals surface area contributed by atoms with Gasteiger partial charge in [-0.05, 0) is 54.8 Å². The highest BCUT2D eigenvalue weighted by Crippen LogP contribution is 2.28. The van der Waals surface area contributed by atoms with E-state index in [9.17, 15) is 5.26 Å². The molecule has 1 N–H and O–H groups in total. The molecule has 0 aliphatic carbocycles. The first-order valence-electron chi connectivity index (χ1n) is 12.1. The zero-order valence-corrected chi connectivity index (χ0v) is 20.5. The number of hydrogen-bond acceptors (Lipinski definition) is 8. The van der Waals surface area contributed by atoms with Crippen LogP contribution in [-0.2, 0) is 10.5 Å². The van der Waals surface area contributed by atoms with E-state index in [2.05, 4.69) is 49.9 Å². The first-order valence-corrected chi connectivity index (χ1v) is 13.1. The van der Waals surface area contributed by atoms with Crippen LogP contribution in [0.25, 0.3) is 11.3 Å². The van der Waals surface area contributed by atoms with Crippen LogP contribution >= 0.6 is 11.9 Å². The number of nitrogens with one attached hydrogen (secondary N) is 1. The molecule has 180 valence electrons. The van der Waals surface area contributed by atoms with Gasteiger partial charge in [0.15, 0.2) is 0 Å². The number of nitrogens with zero attached hydrogens (tertiary/aromatic N) is 4. The number of rotatable bonds is 8. The maximum atomic E-state index is 9.69. The number of aromatic nitrogens is 2. The second kappa shape index (κ2) is 11.5. The van der Waals surface area contributed by atoms with Crippen LogP contribution in [0.15, 0.2) is 54.7 Å². The molecule has 0 saturated carbocycles. The summed E-state index contributed by atoms with van der Waals surface area (Å²) >= 11 is 1.91. The summed E-state index contributed by atoms with van der Waals surface area (Å²) in [5.74, 6) is 2.11. The Morgan fingerprint density at radius 1 is 1.09 bits per heavy atom. The van der Waals surface area contributed by atoms with Crippen molar-refractivity contribution < 1.29 is 9.47 Å². The van der Waals surface area contributed by atoms with Crippen LogP contribution in [0.2, 0.25) is 0 Å². The molecule has 1 aromatic heterocycles. The van der Waals surface area contributed by atoms with Gasteiger partial charge in [-0.15, -0.1) is 0 Å². The Morgan fingerprint density at radius 2 is 1.89 bits per heavy atom. The van der Waals surface area contributed by atoms with Gasteiger partial charge < -0.3 is 14.8 Å². The average molecular weight is 488 g/mol. The van der Waals surface area contributed by atoms with E-state index in [0.717, 1.165) is 35.5 Å². The normalized spacial score (nSPS) is 16.7. The van der Waals surface area contributed by atoms with E-state index in [1.54, 1.807) is 6.20 Å². The van der Waals surface area contributed by atoms with Crippen molar-refractivity contribution in [3.05, 3.63) is 65.9 Å². The number of anilines is 2. The van der Waals surface area contributed by atoms with Crippen LogP contribution in [0.3, 0.4) is 0 Å². The van der Waals surface area contributed by atoms with Gasteiger partial charge in [-0.2, -0.15) is 5.26 Å². The molecule has 2 aliphatic rings. The third-order valence-corrected chi connectivity index (χ3v) is 7.39. The highest BCUT2D eigenvalue weighted by atomic mass is 32.2. The fraction of sp³-hybridized carbons (Fsp3) is 0.370. The van der Waals surface area contributed by atoms with Crippen molar-refractivity contribution in [3.63, 3.8) is 0 Å². The predicted octanol–water partition coefficient (Wildman–Crippen LogP) is 5.56. The lowest BCUT2D eigenvalue weighted by Crippen LogP contribution is -2.26. The molecule has 2 saturated heterocycles. The lowest BCUT2D eigenvalue weighted by molar-refractivity contribution is 0.0254. The lowest BCUT2D eigenvalue weighted by atomic mass is 10.1. The summed E-state index contributed by atoms with van der Waals surface area (Å²) in [6.07, 6.45) is 6.10. The molecule has 0 amide bonds. The van der Waals surface area contributed by atoms with Crippen molar-refractivity contribution in [2.45, 2.75) is 37.5 Å². The van der Waals surface area contributed by atoms with E-state index in [-0.39, 0.29) is 6.10 Å². The summed E-state index contributed by atoms with van der Waals surface area (Å²) < 4.78 is 13.9. The Balaban J connectivity index is 1.24. The lowest BCUT2D eigenvalue weighted by Gasteiger charge is -2.23. The molecule has 3 heterocycles. The minimum Gasteiger partial charge on any atom is -0.489 e. The summed E-state index contributed by atoms with van der Waals surface area (Å²) in [5.41, 5.74) is 4.34. The van der Waals surface area contributed by atoms with Crippen molar-refractivity contribution in [3.8, 4) is 23.1 Å². The van der Waals surface area contributed by atoms with Crippen molar-refractivity contribution in [1.82, 2.24) is 14.3 Å². The first-order chi connectivity index (χ1) is 17.3. The molecular weight excluding hydrogens is 458 g/mol. The maximum absolute atomic E-state index is 9.69. The molecule has 0 atom stereocenters. The molecule has 3 aromatic rings. The van der Waals surface area contributed by atoms with Crippen LogP contribution in [0.1, 0.15) is 36.8 Å². The Kier molecular flexibility index (Phi) is 7.79. The third-order valence-electron chi connectivity index (χ3n) is 6.20.